The molecule has 0 aliphatic heterocycles. The second-order valence-corrected chi connectivity index (χ2v) is 6.96. The number of rotatable bonds is 8. The van der Waals surface area contributed by atoms with E-state index in [1.807, 2.05) is 4.68 Å². The van der Waals surface area contributed by atoms with Gasteiger partial charge in [0.1, 0.15) is 0 Å². The fourth-order valence-corrected chi connectivity index (χ4v) is 3.35. The lowest BCUT2D eigenvalue weighted by molar-refractivity contribution is -0.118. The SMILES string of the molecule is CC(C)CCCNC(=O)CSc1nnnn1C1CCCC1. The second kappa shape index (κ2) is 8.36. The molecular formula is C14H25N5OS. The molecule has 1 amide bonds. The van der Waals surface area contributed by atoms with Crippen LogP contribution in [0.25, 0.3) is 0 Å². The van der Waals surface area contributed by atoms with Crippen LogP contribution in [0.2, 0.25) is 0 Å². The number of hydrogen-bond donors (Lipinski definition) is 1. The average molecular weight is 311 g/mol. The van der Waals surface area contributed by atoms with Gasteiger partial charge in [0, 0.05) is 6.54 Å². The predicted octanol–water partition coefficient (Wildman–Crippen LogP) is 2.43. The van der Waals surface area contributed by atoms with Crippen LogP contribution in [0, 0.1) is 5.92 Å². The zero-order valence-corrected chi connectivity index (χ0v) is 13.7. The van der Waals surface area contributed by atoms with Crippen molar-refractivity contribution in [3.05, 3.63) is 0 Å². The van der Waals surface area contributed by atoms with Crippen LogP contribution >= 0.6 is 11.8 Å². The zero-order chi connectivity index (χ0) is 15.1. The minimum atomic E-state index is 0.0599. The van der Waals surface area contributed by atoms with Crippen molar-refractivity contribution in [1.82, 2.24) is 25.5 Å². The summed E-state index contributed by atoms with van der Waals surface area (Å²) in [6.45, 7) is 5.15. The highest BCUT2D eigenvalue weighted by Crippen LogP contribution is 2.31. The molecule has 0 spiro atoms. The van der Waals surface area contributed by atoms with Gasteiger partial charge in [0.05, 0.1) is 11.8 Å². The Hall–Kier alpha value is -1.11. The van der Waals surface area contributed by atoms with E-state index in [1.54, 1.807) is 0 Å². The number of thioether (sulfide) groups is 1. The first kappa shape index (κ1) is 16.3. The van der Waals surface area contributed by atoms with Crippen molar-refractivity contribution >= 4 is 17.7 Å². The highest BCUT2D eigenvalue weighted by molar-refractivity contribution is 7.99. The normalized spacial score (nSPS) is 15.8. The molecule has 0 saturated heterocycles. The number of tetrazole rings is 1. The number of carbonyl (C=O) groups is 1. The van der Waals surface area contributed by atoms with E-state index < -0.39 is 0 Å². The monoisotopic (exact) mass is 311 g/mol. The number of aromatic nitrogens is 4. The highest BCUT2D eigenvalue weighted by atomic mass is 32.2. The second-order valence-electron chi connectivity index (χ2n) is 6.02. The summed E-state index contributed by atoms with van der Waals surface area (Å²) < 4.78 is 1.89. The van der Waals surface area contributed by atoms with Crippen LogP contribution in [0.15, 0.2) is 5.16 Å². The third-order valence-corrected chi connectivity index (χ3v) is 4.68. The first-order valence-corrected chi connectivity index (χ1v) is 8.82. The Bertz CT molecular complexity index is 442. The molecule has 0 unspecified atom stereocenters. The van der Waals surface area contributed by atoms with Gasteiger partial charge in [-0.1, -0.05) is 38.5 Å². The Morgan fingerprint density at radius 3 is 2.90 bits per heavy atom. The van der Waals surface area contributed by atoms with Crippen molar-refractivity contribution in [3.8, 4) is 0 Å². The predicted molar refractivity (Wildman–Crippen MR) is 83.1 cm³/mol. The molecule has 1 heterocycles. The molecule has 118 valence electrons. The molecule has 21 heavy (non-hydrogen) atoms. The zero-order valence-electron chi connectivity index (χ0n) is 12.9. The maximum atomic E-state index is 11.8. The van der Waals surface area contributed by atoms with Gasteiger partial charge in [0.2, 0.25) is 11.1 Å². The lowest BCUT2D eigenvalue weighted by Crippen LogP contribution is -2.26. The first-order valence-electron chi connectivity index (χ1n) is 7.84. The van der Waals surface area contributed by atoms with E-state index in [9.17, 15) is 4.79 Å². The largest absolute Gasteiger partial charge is 0.355 e. The molecular weight excluding hydrogens is 286 g/mol. The van der Waals surface area contributed by atoms with Gasteiger partial charge in [-0.2, -0.15) is 0 Å². The molecule has 1 fully saturated rings. The maximum absolute atomic E-state index is 11.8. The van der Waals surface area contributed by atoms with Crippen LogP contribution in [0.1, 0.15) is 58.4 Å². The lowest BCUT2D eigenvalue weighted by atomic mass is 10.1. The van der Waals surface area contributed by atoms with Crippen molar-refractivity contribution in [2.24, 2.45) is 5.92 Å². The highest BCUT2D eigenvalue weighted by Gasteiger charge is 2.21. The molecule has 2 rings (SSSR count). The average Bonchev–Trinajstić information content (AvgIpc) is 3.10. The van der Waals surface area contributed by atoms with Crippen LogP contribution < -0.4 is 5.32 Å². The number of nitrogens with zero attached hydrogens (tertiary/aromatic N) is 4. The minimum absolute atomic E-state index is 0.0599. The van der Waals surface area contributed by atoms with Gasteiger partial charge in [-0.3, -0.25) is 4.79 Å². The summed E-state index contributed by atoms with van der Waals surface area (Å²) in [5.74, 6) is 1.13. The third kappa shape index (κ3) is 5.30. The Morgan fingerprint density at radius 2 is 2.19 bits per heavy atom. The van der Waals surface area contributed by atoms with Gasteiger partial charge in [-0.05, 0) is 42.0 Å². The van der Waals surface area contributed by atoms with E-state index >= 15 is 0 Å². The number of hydrogen-bond acceptors (Lipinski definition) is 5. The summed E-state index contributed by atoms with van der Waals surface area (Å²) in [5.41, 5.74) is 0. The molecule has 1 aromatic heterocycles. The molecule has 0 bridgehead atoms. The molecule has 1 aliphatic rings. The summed E-state index contributed by atoms with van der Waals surface area (Å²) >= 11 is 1.43. The molecule has 1 aliphatic carbocycles. The van der Waals surface area contributed by atoms with E-state index in [2.05, 4.69) is 34.7 Å². The van der Waals surface area contributed by atoms with E-state index in [0.29, 0.717) is 17.7 Å². The van der Waals surface area contributed by atoms with Crippen molar-refractivity contribution in [2.45, 2.75) is 63.6 Å². The summed E-state index contributed by atoms with van der Waals surface area (Å²) in [6, 6.07) is 0.414. The number of amides is 1. The maximum Gasteiger partial charge on any atom is 0.230 e. The molecule has 1 N–H and O–H groups in total. The van der Waals surface area contributed by atoms with Crippen LogP contribution in [-0.2, 0) is 4.79 Å². The Kier molecular flexibility index (Phi) is 6.48. The summed E-state index contributed by atoms with van der Waals surface area (Å²) in [6.07, 6.45) is 6.94. The number of carbonyl (C=O) groups excluding carboxylic acids is 1. The van der Waals surface area contributed by atoms with Gasteiger partial charge in [-0.15, -0.1) is 5.10 Å². The Morgan fingerprint density at radius 1 is 1.43 bits per heavy atom. The molecule has 6 nitrogen and oxygen atoms in total. The van der Waals surface area contributed by atoms with Crippen molar-refractivity contribution in [3.63, 3.8) is 0 Å². The van der Waals surface area contributed by atoms with Crippen LogP contribution in [0.3, 0.4) is 0 Å². The van der Waals surface area contributed by atoms with Crippen molar-refractivity contribution < 1.29 is 4.79 Å². The van der Waals surface area contributed by atoms with E-state index in [-0.39, 0.29) is 5.91 Å². The molecule has 7 heteroatoms. The standard InChI is InChI=1S/C14H25N5OS/c1-11(2)6-5-9-15-13(20)10-21-14-16-17-18-19(14)12-7-3-4-8-12/h11-12H,3-10H2,1-2H3,(H,15,20). The molecule has 1 saturated carbocycles. The molecule has 0 radical (unpaired) electrons. The van der Waals surface area contributed by atoms with Gasteiger partial charge < -0.3 is 5.32 Å². The van der Waals surface area contributed by atoms with Gasteiger partial charge in [-0.25, -0.2) is 4.68 Å². The third-order valence-electron chi connectivity index (χ3n) is 3.75. The summed E-state index contributed by atoms with van der Waals surface area (Å²) in [5, 5.41) is 15.6. The fraction of sp³-hybridized carbons (Fsp3) is 0.857. The van der Waals surface area contributed by atoms with Crippen molar-refractivity contribution in [1.29, 1.82) is 0 Å². The summed E-state index contributed by atoms with van der Waals surface area (Å²) in [7, 11) is 0. The lowest BCUT2D eigenvalue weighted by Gasteiger charge is -2.10. The first-order chi connectivity index (χ1) is 10.2. The number of nitrogens with one attached hydrogen (secondary N) is 1. The fourth-order valence-electron chi connectivity index (χ4n) is 2.58. The van der Waals surface area contributed by atoms with E-state index in [4.69, 9.17) is 0 Å². The topological polar surface area (TPSA) is 72.7 Å². The van der Waals surface area contributed by atoms with Crippen molar-refractivity contribution in [2.75, 3.05) is 12.3 Å². The molecule has 0 atom stereocenters. The Labute approximate surface area is 130 Å². The Balaban J connectivity index is 1.70. The smallest absolute Gasteiger partial charge is 0.230 e. The van der Waals surface area contributed by atoms with Gasteiger partial charge in [0.15, 0.2) is 0 Å². The molecule has 1 aromatic rings. The van der Waals surface area contributed by atoms with Gasteiger partial charge in [0.25, 0.3) is 0 Å². The molecule has 0 aromatic carbocycles. The van der Waals surface area contributed by atoms with Gasteiger partial charge >= 0.3 is 0 Å². The summed E-state index contributed by atoms with van der Waals surface area (Å²) in [4.78, 5) is 11.8. The van der Waals surface area contributed by atoms with E-state index in [1.165, 1.54) is 24.6 Å². The van der Waals surface area contributed by atoms with Crippen LogP contribution in [0.4, 0.5) is 0 Å². The van der Waals surface area contributed by atoms with E-state index in [0.717, 1.165) is 37.4 Å². The minimum Gasteiger partial charge on any atom is -0.355 e. The quantitative estimate of drug-likeness (QED) is 0.589. The van der Waals surface area contributed by atoms with Crippen LogP contribution in [-0.4, -0.2) is 38.4 Å². The van der Waals surface area contributed by atoms with Crippen LogP contribution in [0.5, 0.6) is 0 Å².